The lowest BCUT2D eigenvalue weighted by Gasteiger charge is -2.29. The standard InChI is InChI=1S/C41H35N7O6S/c1-26-43-44-36-25-53-24-33-31(22-27-8-3-2-4-9-27)35(55-41(33)48(26)36)15-13-29-17-19-46(45-29)20-18-38(50)54-21-6-5-10-28-11-7-12-30-32(28)23-47(40(30)52)34-14-16-37(49)42-39(34)51/h2-4,7-9,11-12,17,19,34H,6,14,16,18,20-25H2,1H3,(H,42,49,51). The Kier molecular flexibility index (Phi) is 10.1. The number of fused-ring (bicyclic) bond motifs is 4. The number of amides is 3. The van der Waals surface area contributed by atoms with Gasteiger partial charge in [-0.25, -0.2) is 0 Å². The molecular formula is C41H35N7O6S. The highest BCUT2D eigenvalue weighted by molar-refractivity contribution is 7.15. The third-order valence-electron chi connectivity index (χ3n) is 9.68. The highest BCUT2D eigenvalue weighted by atomic mass is 32.1. The summed E-state index contributed by atoms with van der Waals surface area (Å²) in [5.41, 5.74) is 5.90. The molecule has 3 amide bonds. The first-order valence-electron chi connectivity index (χ1n) is 18.0. The molecule has 276 valence electrons. The number of aromatic nitrogens is 5. The second-order valence-electron chi connectivity index (χ2n) is 13.3. The Balaban J connectivity index is 0.863. The van der Waals surface area contributed by atoms with Crippen molar-refractivity contribution in [1.29, 1.82) is 0 Å². The van der Waals surface area contributed by atoms with Crippen LogP contribution >= 0.6 is 11.3 Å². The van der Waals surface area contributed by atoms with Gasteiger partial charge in [-0.1, -0.05) is 48.2 Å². The number of rotatable bonds is 8. The molecule has 0 bridgehead atoms. The Labute approximate surface area is 320 Å². The van der Waals surface area contributed by atoms with Gasteiger partial charge in [0.2, 0.25) is 11.8 Å². The summed E-state index contributed by atoms with van der Waals surface area (Å²) in [5, 5.41) is 16.5. The van der Waals surface area contributed by atoms with Crippen LogP contribution < -0.4 is 5.32 Å². The number of imide groups is 1. The summed E-state index contributed by atoms with van der Waals surface area (Å²) < 4.78 is 15.2. The molecule has 1 saturated heterocycles. The SMILES string of the molecule is Cc1nnc2n1-c1sc(C#Cc3ccn(CCC(=O)OCCC#Cc4cccc5c4CN(C4CCC(=O)NC4=O)C5=O)n3)c(Cc3ccccc3)c1COC2. The molecule has 8 rings (SSSR count). The highest BCUT2D eigenvalue weighted by Crippen LogP contribution is 2.37. The lowest BCUT2D eigenvalue weighted by atomic mass is 10.0. The monoisotopic (exact) mass is 753 g/mol. The van der Waals surface area contributed by atoms with Crippen LogP contribution in [0.25, 0.3) is 5.00 Å². The maximum absolute atomic E-state index is 13.1. The van der Waals surface area contributed by atoms with E-state index in [4.69, 9.17) is 9.47 Å². The Morgan fingerprint density at radius 2 is 1.89 bits per heavy atom. The number of aryl methyl sites for hydroxylation is 2. The molecular weight excluding hydrogens is 719 g/mol. The quantitative estimate of drug-likeness (QED) is 0.107. The van der Waals surface area contributed by atoms with Crippen molar-refractivity contribution in [3.8, 4) is 28.7 Å². The molecule has 14 heteroatoms. The van der Waals surface area contributed by atoms with E-state index in [0.717, 1.165) is 38.2 Å². The van der Waals surface area contributed by atoms with Crippen LogP contribution in [0.15, 0.2) is 60.8 Å². The molecule has 55 heavy (non-hydrogen) atoms. The average Bonchev–Trinajstić information content (AvgIpc) is 3.93. The molecule has 13 nitrogen and oxygen atoms in total. The Morgan fingerprint density at radius 3 is 2.75 bits per heavy atom. The van der Waals surface area contributed by atoms with Gasteiger partial charge in [-0.3, -0.25) is 33.7 Å². The van der Waals surface area contributed by atoms with Crippen molar-refractivity contribution in [1.82, 2.24) is 34.8 Å². The minimum absolute atomic E-state index is 0.120. The third-order valence-corrected chi connectivity index (χ3v) is 10.9. The van der Waals surface area contributed by atoms with Gasteiger partial charge in [-0.05, 0) is 66.5 Å². The minimum Gasteiger partial charge on any atom is -0.465 e. The topological polar surface area (TPSA) is 151 Å². The molecule has 0 radical (unpaired) electrons. The van der Waals surface area contributed by atoms with E-state index in [2.05, 4.69) is 61.0 Å². The van der Waals surface area contributed by atoms with Crippen LogP contribution in [0.4, 0.5) is 0 Å². The predicted octanol–water partition coefficient (Wildman–Crippen LogP) is 3.99. The highest BCUT2D eigenvalue weighted by Gasteiger charge is 2.39. The lowest BCUT2D eigenvalue weighted by Crippen LogP contribution is -2.52. The number of hydrogen-bond donors (Lipinski definition) is 1. The molecule has 3 aliphatic heterocycles. The van der Waals surface area contributed by atoms with E-state index in [1.54, 1.807) is 34.3 Å². The van der Waals surface area contributed by atoms with E-state index < -0.39 is 11.9 Å². The number of esters is 1. The average molecular weight is 754 g/mol. The molecule has 3 aromatic heterocycles. The lowest BCUT2D eigenvalue weighted by molar-refractivity contribution is -0.143. The van der Waals surface area contributed by atoms with Crippen molar-refractivity contribution < 1.29 is 28.7 Å². The molecule has 1 unspecified atom stereocenters. The van der Waals surface area contributed by atoms with E-state index in [1.165, 1.54) is 10.5 Å². The zero-order chi connectivity index (χ0) is 37.9. The number of carbonyl (C=O) groups is 4. The normalized spacial score (nSPS) is 15.8. The van der Waals surface area contributed by atoms with Gasteiger partial charge >= 0.3 is 5.97 Å². The third kappa shape index (κ3) is 7.55. The van der Waals surface area contributed by atoms with E-state index in [0.29, 0.717) is 55.8 Å². The second-order valence-corrected chi connectivity index (χ2v) is 14.3. The van der Waals surface area contributed by atoms with Crippen molar-refractivity contribution >= 4 is 35.0 Å². The largest absolute Gasteiger partial charge is 0.465 e. The molecule has 3 aliphatic rings. The zero-order valence-electron chi connectivity index (χ0n) is 30.0. The fraction of sp³-hybridized carbons (Fsp3) is 0.293. The number of carbonyl (C=O) groups excluding carboxylic acids is 4. The van der Waals surface area contributed by atoms with E-state index >= 15 is 0 Å². The number of hydrogen-bond acceptors (Lipinski definition) is 10. The molecule has 0 aliphatic carbocycles. The number of nitrogens with zero attached hydrogens (tertiary/aromatic N) is 6. The van der Waals surface area contributed by atoms with Crippen LogP contribution in [-0.4, -0.2) is 65.8 Å². The van der Waals surface area contributed by atoms with Gasteiger partial charge in [0.25, 0.3) is 5.91 Å². The summed E-state index contributed by atoms with van der Waals surface area (Å²) in [4.78, 5) is 52.0. The van der Waals surface area contributed by atoms with Crippen LogP contribution in [0, 0.1) is 30.6 Å². The zero-order valence-corrected chi connectivity index (χ0v) is 30.8. The molecule has 1 atom stereocenters. The fourth-order valence-electron chi connectivity index (χ4n) is 6.94. The summed E-state index contributed by atoms with van der Waals surface area (Å²) in [6.07, 6.45) is 3.43. The van der Waals surface area contributed by atoms with Crippen LogP contribution in [-0.2, 0) is 56.6 Å². The number of nitrogens with one attached hydrogen (secondary N) is 1. The fourth-order valence-corrected chi connectivity index (χ4v) is 8.19. The maximum atomic E-state index is 13.1. The summed E-state index contributed by atoms with van der Waals surface area (Å²) >= 11 is 1.60. The molecule has 6 heterocycles. The first-order valence-corrected chi connectivity index (χ1v) is 18.8. The van der Waals surface area contributed by atoms with Gasteiger partial charge in [-0.15, -0.1) is 21.5 Å². The van der Waals surface area contributed by atoms with Crippen LogP contribution in [0.1, 0.15) is 86.1 Å². The van der Waals surface area contributed by atoms with Gasteiger partial charge in [0.1, 0.15) is 35.8 Å². The summed E-state index contributed by atoms with van der Waals surface area (Å²) in [6.45, 7) is 3.48. The van der Waals surface area contributed by atoms with Gasteiger partial charge < -0.3 is 14.4 Å². The van der Waals surface area contributed by atoms with E-state index in [-0.39, 0.29) is 43.8 Å². The summed E-state index contributed by atoms with van der Waals surface area (Å²) in [5.74, 6) is 12.9. The molecule has 1 fully saturated rings. The van der Waals surface area contributed by atoms with Crippen molar-refractivity contribution in [3.05, 3.63) is 116 Å². The van der Waals surface area contributed by atoms with E-state index in [9.17, 15) is 19.2 Å². The Morgan fingerprint density at radius 1 is 1.02 bits per heavy atom. The molecule has 2 aromatic carbocycles. The number of benzene rings is 2. The molecule has 0 saturated carbocycles. The van der Waals surface area contributed by atoms with Crippen LogP contribution in [0.5, 0.6) is 0 Å². The summed E-state index contributed by atoms with van der Waals surface area (Å²) in [6, 6.07) is 16.7. The molecule has 0 spiro atoms. The van der Waals surface area contributed by atoms with Crippen LogP contribution in [0.3, 0.4) is 0 Å². The van der Waals surface area contributed by atoms with Gasteiger partial charge in [-0.2, -0.15) is 5.10 Å². The van der Waals surface area contributed by atoms with Gasteiger partial charge in [0, 0.05) is 42.3 Å². The predicted molar refractivity (Wildman–Crippen MR) is 199 cm³/mol. The Hall–Kier alpha value is -6.35. The number of ether oxygens (including phenoxy) is 2. The Bertz CT molecular complexity index is 2460. The first-order chi connectivity index (χ1) is 26.8. The second kappa shape index (κ2) is 15.6. The van der Waals surface area contributed by atoms with Crippen molar-refractivity contribution in [2.75, 3.05) is 6.61 Å². The summed E-state index contributed by atoms with van der Waals surface area (Å²) in [7, 11) is 0. The van der Waals surface area contributed by atoms with Crippen molar-refractivity contribution in [2.45, 2.75) is 71.4 Å². The van der Waals surface area contributed by atoms with Crippen molar-refractivity contribution in [3.63, 3.8) is 0 Å². The number of thiophene rings is 1. The van der Waals surface area contributed by atoms with Gasteiger partial charge in [0.05, 0.1) is 24.4 Å². The molecule has 5 aromatic rings. The van der Waals surface area contributed by atoms with Crippen molar-refractivity contribution in [2.24, 2.45) is 0 Å². The smallest absolute Gasteiger partial charge is 0.307 e. The molecule has 1 N–H and O–H groups in total. The number of piperidine rings is 1. The maximum Gasteiger partial charge on any atom is 0.307 e. The van der Waals surface area contributed by atoms with Gasteiger partial charge in [0.15, 0.2) is 5.82 Å². The minimum atomic E-state index is -0.690. The first kappa shape index (κ1) is 35.7. The van der Waals surface area contributed by atoms with E-state index in [1.807, 2.05) is 37.3 Å². The van der Waals surface area contributed by atoms with Crippen LogP contribution in [0.2, 0.25) is 0 Å².